The van der Waals surface area contributed by atoms with Crippen molar-refractivity contribution in [1.29, 1.82) is 0 Å². The molecule has 1 rings (SSSR count). The van der Waals surface area contributed by atoms with Crippen molar-refractivity contribution in [3.8, 4) is 0 Å². The number of amides is 4. The van der Waals surface area contributed by atoms with Crippen LogP contribution in [0.25, 0.3) is 0 Å². The van der Waals surface area contributed by atoms with Gasteiger partial charge in [0.15, 0.2) is 0 Å². The number of aliphatic hydroxyl groups excluding tert-OH is 2. The minimum Gasteiger partial charge on any atom is -0.394 e. The van der Waals surface area contributed by atoms with Crippen molar-refractivity contribution in [3.05, 3.63) is 0 Å². The van der Waals surface area contributed by atoms with Gasteiger partial charge in [-0.25, -0.2) is 4.79 Å². The van der Waals surface area contributed by atoms with Crippen LogP contribution in [0.5, 0.6) is 0 Å². The van der Waals surface area contributed by atoms with Crippen molar-refractivity contribution in [2.75, 3.05) is 19.8 Å². The molecule has 1 aliphatic heterocycles. The number of carbonyl (C=O) groups is 3. The number of imide groups is 1. The first-order chi connectivity index (χ1) is 8.65. The molecule has 0 atom stereocenters. The average molecular weight is 273 g/mol. The molecule has 108 valence electrons. The average Bonchev–Trinajstić information content (AvgIpc) is 2.51. The lowest BCUT2D eigenvalue weighted by atomic mass is 10.1. The predicted octanol–water partition coefficient (Wildman–Crippen LogP) is -1.82. The van der Waals surface area contributed by atoms with Crippen molar-refractivity contribution in [2.24, 2.45) is 0 Å². The molecule has 0 spiro atoms. The Kier molecular flexibility index (Phi) is 4.16. The SMILES string of the molecule is CC(CO)(CO)NC(=O)CN1C(=O)NC(C)(C)C1=O. The Morgan fingerprint density at radius 1 is 1.37 bits per heavy atom. The van der Waals surface area contributed by atoms with E-state index in [2.05, 4.69) is 10.6 Å². The molecular weight excluding hydrogens is 254 g/mol. The van der Waals surface area contributed by atoms with Crippen LogP contribution in [0.2, 0.25) is 0 Å². The van der Waals surface area contributed by atoms with Crippen LogP contribution in [0.1, 0.15) is 20.8 Å². The summed E-state index contributed by atoms with van der Waals surface area (Å²) in [6.07, 6.45) is 0. The maximum absolute atomic E-state index is 11.8. The van der Waals surface area contributed by atoms with Crippen molar-refractivity contribution < 1.29 is 24.6 Å². The Labute approximate surface area is 110 Å². The molecule has 0 saturated carbocycles. The van der Waals surface area contributed by atoms with Crippen molar-refractivity contribution in [3.63, 3.8) is 0 Å². The van der Waals surface area contributed by atoms with E-state index in [4.69, 9.17) is 10.2 Å². The minimum atomic E-state index is -1.19. The number of aliphatic hydroxyl groups is 2. The molecule has 1 saturated heterocycles. The van der Waals surface area contributed by atoms with E-state index in [1.54, 1.807) is 0 Å². The second-order valence-corrected chi connectivity index (χ2v) is 5.37. The lowest BCUT2D eigenvalue weighted by molar-refractivity contribution is -0.135. The summed E-state index contributed by atoms with van der Waals surface area (Å²) < 4.78 is 0. The summed E-state index contributed by atoms with van der Waals surface area (Å²) in [5, 5.41) is 22.9. The van der Waals surface area contributed by atoms with Crippen molar-refractivity contribution in [1.82, 2.24) is 15.5 Å². The number of carbonyl (C=O) groups excluding carboxylic acids is 3. The third kappa shape index (κ3) is 3.21. The largest absolute Gasteiger partial charge is 0.394 e. The van der Waals surface area contributed by atoms with Crippen molar-refractivity contribution in [2.45, 2.75) is 31.8 Å². The van der Waals surface area contributed by atoms with Gasteiger partial charge >= 0.3 is 6.03 Å². The molecule has 4 amide bonds. The Bertz CT molecular complexity index is 403. The Balaban J connectivity index is 2.68. The molecule has 0 aromatic heterocycles. The molecule has 8 nitrogen and oxygen atoms in total. The van der Waals surface area contributed by atoms with E-state index in [0.29, 0.717) is 0 Å². The van der Waals surface area contributed by atoms with Gasteiger partial charge in [0.2, 0.25) is 5.91 Å². The van der Waals surface area contributed by atoms with E-state index in [1.807, 2.05) is 0 Å². The van der Waals surface area contributed by atoms with Crippen LogP contribution in [-0.2, 0) is 9.59 Å². The minimum absolute atomic E-state index is 0.455. The van der Waals surface area contributed by atoms with Gasteiger partial charge in [-0.1, -0.05) is 0 Å². The van der Waals surface area contributed by atoms with E-state index in [1.165, 1.54) is 20.8 Å². The summed E-state index contributed by atoms with van der Waals surface area (Å²) in [6, 6.07) is -0.639. The summed E-state index contributed by atoms with van der Waals surface area (Å²) in [4.78, 5) is 35.9. The molecule has 1 heterocycles. The number of urea groups is 1. The number of nitrogens with one attached hydrogen (secondary N) is 2. The van der Waals surface area contributed by atoms with E-state index >= 15 is 0 Å². The van der Waals surface area contributed by atoms with Crippen LogP contribution in [-0.4, -0.2) is 63.8 Å². The zero-order chi connectivity index (χ0) is 14.8. The van der Waals surface area contributed by atoms with Gasteiger partial charge in [-0.2, -0.15) is 0 Å². The number of hydrogen-bond donors (Lipinski definition) is 4. The monoisotopic (exact) mass is 273 g/mol. The predicted molar refractivity (Wildman–Crippen MR) is 65.0 cm³/mol. The van der Waals surface area contributed by atoms with Crippen molar-refractivity contribution >= 4 is 17.8 Å². The lowest BCUT2D eigenvalue weighted by Gasteiger charge is -2.27. The normalized spacial score (nSPS) is 18.5. The first-order valence-electron chi connectivity index (χ1n) is 5.82. The van der Waals surface area contributed by atoms with Crippen LogP contribution in [0.15, 0.2) is 0 Å². The van der Waals surface area contributed by atoms with Gasteiger partial charge < -0.3 is 20.8 Å². The quantitative estimate of drug-likeness (QED) is 0.440. The highest BCUT2D eigenvalue weighted by molar-refractivity contribution is 6.08. The maximum Gasteiger partial charge on any atom is 0.325 e. The number of nitrogens with zero attached hydrogens (tertiary/aromatic N) is 1. The molecule has 0 aromatic carbocycles. The first-order valence-corrected chi connectivity index (χ1v) is 5.82. The smallest absolute Gasteiger partial charge is 0.325 e. The number of hydrogen-bond acceptors (Lipinski definition) is 5. The van der Waals surface area contributed by atoms with Gasteiger partial charge in [-0.15, -0.1) is 0 Å². The summed E-state index contributed by atoms with van der Waals surface area (Å²) in [5.74, 6) is -1.13. The van der Waals surface area contributed by atoms with Crippen LogP contribution in [0.4, 0.5) is 4.79 Å². The summed E-state index contributed by atoms with van der Waals surface area (Å²) in [5.41, 5.74) is -2.22. The Morgan fingerprint density at radius 2 is 1.89 bits per heavy atom. The molecule has 8 heteroatoms. The second-order valence-electron chi connectivity index (χ2n) is 5.37. The third-order valence-corrected chi connectivity index (χ3v) is 2.89. The topological polar surface area (TPSA) is 119 Å². The van der Waals surface area contributed by atoms with Gasteiger partial charge in [0, 0.05) is 0 Å². The standard InChI is InChI=1S/C11H19N3O5/c1-10(2)8(18)14(9(19)13-10)4-7(17)12-11(3,5-15)6-16/h15-16H,4-6H2,1-3H3,(H,12,17)(H,13,19). The number of rotatable bonds is 5. The Hall–Kier alpha value is -1.67. The Morgan fingerprint density at radius 3 is 2.26 bits per heavy atom. The van der Waals surface area contributed by atoms with Gasteiger partial charge in [0.05, 0.1) is 18.8 Å². The van der Waals surface area contributed by atoms with Gasteiger partial charge in [0.1, 0.15) is 12.1 Å². The first kappa shape index (κ1) is 15.4. The highest BCUT2D eigenvalue weighted by Crippen LogP contribution is 2.16. The molecule has 0 aliphatic carbocycles. The maximum atomic E-state index is 11.8. The molecule has 0 bridgehead atoms. The summed E-state index contributed by atoms with van der Waals surface area (Å²) in [7, 11) is 0. The molecule has 4 N–H and O–H groups in total. The molecule has 1 fully saturated rings. The molecule has 1 aliphatic rings. The van der Waals surface area contributed by atoms with E-state index in [9.17, 15) is 14.4 Å². The molecule has 19 heavy (non-hydrogen) atoms. The molecule has 0 radical (unpaired) electrons. The van der Waals surface area contributed by atoms with E-state index < -0.39 is 48.7 Å². The van der Waals surface area contributed by atoms with Crippen LogP contribution in [0.3, 0.4) is 0 Å². The second kappa shape index (κ2) is 5.14. The van der Waals surface area contributed by atoms with Gasteiger partial charge in [-0.3, -0.25) is 14.5 Å². The summed E-state index contributed by atoms with van der Waals surface area (Å²) in [6.45, 7) is 3.15. The zero-order valence-corrected chi connectivity index (χ0v) is 11.2. The van der Waals surface area contributed by atoms with Crippen LogP contribution in [0, 0.1) is 0 Å². The van der Waals surface area contributed by atoms with Crippen LogP contribution >= 0.6 is 0 Å². The zero-order valence-electron chi connectivity index (χ0n) is 11.2. The highest BCUT2D eigenvalue weighted by Gasteiger charge is 2.45. The fourth-order valence-corrected chi connectivity index (χ4v) is 1.61. The fraction of sp³-hybridized carbons (Fsp3) is 0.727. The third-order valence-electron chi connectivity index (χ3n) is 2.89. The molecule has 0 aromatic rings. The molecular formula is C11H19N3O5. The van der Waals surface area contributed by atoms with Gasteiger partial charge in [-0.05, 0) is 20.8 Å². The van der Waals surface area contributed by atoms with E-state index in [0.717, 1.165) is 4.90 Å². The summed E-state index contributed by atoms with van der Waals surface area (Å²) >= 11 is 0. The van der Waals surface area contributed by atoms with E-state index in [-0.39, 0.29) is 0 Å². The van der Waals surface area contributed by atoms with Gasteiger partial charge in [0.25, 0.3) is 5.91 Å². The highest BCUT2D eigenvalue weighted by atomic mass is 16.3. The van der Waals surface area contributed by atoms with Crippen LogP contribution < -0.4 is 10.6 Å². The lowest BCUT2D eigenvalue weighted by Crippen LogP contribution is -2.54. The fourth-order valence-electron chi connectivity index (χ4n) is 1.61. The molecule has 0 unspecified atom stereocenters.